The number of carbonyl (C=O) groups is 3. The van der Waals surface area contributed by atoms with E-state index in [1.165, 1.54) is 0 Å². The van der Waals surface area contributed by atoms with Crippen LogP contribution in [-0.2, 0) is 4.79 Å². The van der Waals surface area contributed by atoms with Crippen LogP contribution < -0.4 is 16.0 Å². The van der Waals surface area contributed by atoms with Gasteiger partial charge < -0.3 is 21.1 Å². The topological polar surface area (TPSA) is 108 Å². The number of hydrogen-bond donors (Lipinski definition) is 4. The number of benzene rings is 1. The van der Waals surface area contributed by atoms with Crippen LogP contribution in [0.4, 0.5) is 10.5 Å². The maximum absolute atomic E-state index is 12.0. The van der Waals surface area contributed by atoms with Crippen molar-refractivity contribution in [1.82, 2.24) is 10.6 Å². The molecule has 0 unspecified atom stereocenters. The molecule has 0 aromatic heterocycles. The van der Waals surface area contributed by atoms with Crippen molar-refractivity contribution in [3.63, 3.8) is 0 Å². The second-order valence-corrected chi connectivity index (χ2v) is 6.06. The van der Waals surface area contributed by atoms with E-state index in [4.69, 9.17) is 5.11 Å². The number of carbonyl (C=O) groups excluding carboxylic acids is 2. The highest BCUT2D eigenvalue weighted by molar-refractivity contribution is 5.95. The molecule has 25 heavy (non-hydrogen) atoms. The van der Waals surface area contributed by atoms with Crippen molar-refractivity contribution >= 4 is 23.6 Å². The van der Waals surface area contributed by atoms with Gasteiger partial charge >= 0.3 is 12.0 Å². The average molecular weight is 345 g/mol. The van der Waals surface area contributed by atoms with Crippen molar-refractivity contribution in [2.75, 3.05) is 11.9 Å². The molecule has 1 aromatic carbocycles. The van der Waals surface area contributed by atoms with E-state index in [0.717, 1.165) is 0 Å². The molecule has 0 heterocycles. The van der Waals surface area contributed by atoms with Gasteiger partial charge in [0.1, 0.15) is 0 Å². The molecule has 1 aliphatic carbocycles. The molecule has 0 spiro atoms. The van der Waals surface area contributed by atoms with Crippen LogP contribution in [0.1, 0.15) is 36.0 Å². The first kappa shape index (κ1) is 18.5. The normalized spacial score (nSPS) is 19.5. The van der Waals surface area contributed by atoms with E-state index in [1.807, 2.05) is 0 Å². The van der Waals surface area contributed by atoms with E-state index in [1.54, 1.807) is 30.3 Å². The standard InChI is InChI=1S/C18H23N3O4/c1-2-11-19-16(22)12-3-7-14(8-4-12)20-18(25)21-15-9-5-13(6-10-15)17(23)24/h2-4,7-8,13,15H,1,5-6,9-11H2,(H,19,22)(H,23,24)(H2,20,21,25). The van der Waals surface area contributed by atoms with Crippen molar-refractivity contribution in [3.05, 3.63) is 42.5 Å². The van der Waals surface area contributed by atoms with Gasteiger partial charge in [-0.05, 0) is 49.9 Å². The first-order valence-corrected chi connectivity index (χ1v) is 8.29. The fourth-order valence-corrected chi connectivity index (χ4v) is 2.81. The zero-order valence-electron chi connectivity index (χ0n) is 14.0. The van der Waals surface area contributed by atoms with Gasteiger partial charge in [-0.1, -0.05) is 6.08 Å². The molecule has 1 aromatic rings. The van der Waals surface area contributed by atoms with Crippen molar-refractivity contribution in [1.29, 1.82) is 0 Å². The molecule has 0 atom stereocenters. The molecule has 2 rings (SSSR count). The molecule has 7 heteroatoms. The van der Waals surface area contributed by atoms with E-state index >= 15 is 0 Å². The molecule has 134 valence electrons. The van der Waals surface area contributed by atoms with Gasteiger partial charge in [-0.25, -0.2) is 4.79 Å². The van der Waals surface area contributed by atoms with E-state index in [2.05, 4.69) is 22.5 Å². The summed E-state index contributed by atoms with van der Waals surface area (Å²) < 4.78 is 0. The van der Waals surface area contributed by atoms with Crippen LogP contribution in [0.3, 0.4) is 0 Å². The summed E-state index contributed by atoms with van der Waals surface area (Å²) in [7, 11) is 0. The van der Waals surface area contributed by atoms with E-state index < -0.39 is 5.97 Å². The zero-order chi connectivity index (χ0) is 18.2. The summed E-state index contributed by atoms with van der Waals surface area (Å²) in [5.74, 6) is -1.27. The summed E-state index contributed by atoms with van der Waals surface area (Å²) in [6.45, 7) is 3.93. The molecule has 1 aliphatic rings. The number of carboxylic acids is 1. The number of carboxylic acid groups (broad SMARTS) is 1. The molecule has 0 aliphatic heterocycles. The zero-order valence-corrected chi connectivity index (χ0v) is 14.0. The van der Waals surface area contributed by atoms with Crippen molar-refractivity contribution in [2.24, 2.45) is 5.92 Å². The number of amides is 3. The van der Waals surface area contributed by atoms with Crippen LogP contribution >= 0.6 is 0 Å². The molecule has 1 fully saturated rings. The quantitative estimate of drug-likeness (QED) is 0.594. The minimum absolute atomic E-state index is 0.0143. The predicted molar refractivity (Wildman–Crippen MR) is 94.5 cm³/mol. The summed E-state index contributed by atoms with van der Waals surface area (Å²) in [5, 5.41) is 17.2. The van der Waals surface area contributed by atoms with E-state index in [-0.39, 0.29) is 23.9 Å². The van der Waals surface area contributed by atoms with E-state index in [9.17, 15) is 14.4 Å². The number of aliphatic carboxylic acids is 1. The molecule has 4 N–H and O–H groups in total. The lowest BCUT2D eigenvalue weighted by Crippen LogP contribution is -2.40. The summed E-state index contributed by atoms with van der Waals surface area (Å²) in [6.07, 6.45) is 4.07. The Labute approximate surface area is 146 Å². The van der Waals surface area contributed by atoms with Crippen LogP contribution in [0.15, 0.2) is 36.9 Å². The Kier molecular flexibility index (Phi) is 6.56. The second kappa shape index (κ2) is 8.86. The Bertz CT molecular complexity index is 634. The number of anilines is 1. The SMILES string of the molecule is C=CCNC(=O)c1ccc(NC(=O)NC2CCC(C(=O)O)CC2)cc1. The monoisotopic (exact) mass is 345 g/mol. The van der Waals surface area contributed by atoms with Crippen LogP contribution in [0.25, 0.3) is 0 Å². The van der Waals surface area contributed by atoms with Gasteiger partial charge in [-0.3, -0.25) is 9.59 Å². The Morgan fingerprint density at radius 2 is 1.76 bits per heavy atom. The number of nitrogens with one attached hydrogen (secondary N) is 3. The van der Waals surface area contributed by atoms with Gasteiger partial charge in [0.15, 0.2) is 0 Å². The van der Waals surface area contributed by atoms with Crippen LogP contribution in [0.5, 0.6) is 0 Å². The van der Waals surface area contributed by atoms with Crippen molar-refractivity contribution in [2.45, 2.75) is 31.7 Å². The Morgan fingerprint density at radius 3 is 2.32 bits per heavy atom. The Balaban J connectivity index is 1.80. The van der Waals surface area contributed by atoms with Gasteiger partial charge in [-0.2, -0.15) is 0 Å². The third-order valence-electron chi connectivity index (χ3n) is 4.22. The maximum Gasteiger partial charge on any atom is 0.319 e. The average Bonchev–Trinajstić information content (AvgIpc) is 2.60. The molecule has 1 saturated carbocycles. The first-order valence-electron chi connectivity index (χ1n) is 8.29. The summed E-state index contributed by atoms with van der Waals surface area (Å²) in [6, 6.07) is 6.23. The maximum atomic E-state index is 12.0. The van der Waals surface area contributed by atoms with Crippen LogP contribution in [0, 0.1) is 5.92 Å². The lowest BCUT2D eigenvalue weighted by molar-refractivity contribution is -0.142. The highest BCUT2D eigenvalue weighted by Crippen LogP contribution is 2.24. The lowest BCUT2D eigenvalue weighted by Gasteiger charge is -2.26. The number of hydrogen-bond acceptors (Lipinski definition) is 3. The summed E-state index contributed by atoms with van der Waals surface area (Å²) in [4.78, 5) is 34.7. The molecule has 7 nitrogen and oxygen atoms in total. The molecule has 0 radical (unpaired) electrons. The third-order valence-corrected chi connectivity index (χ3v) is 4.22. The molecule has 3 amide bonds. The largest absolute Gasteiger partial charge is 0.481 e. The highest BCUT2D eigenvalue weighted by Gasteiger charge is 2.26. The fourth-order valence-electron chi connectivity index (χ4n) is 2.81. The van der Waals surface area contributed by atoms with Crippen LogP contribution in [-0.4, -0.2) is 35.6 Å². The van der Waals surface area contributed by atoms with Gasteiger partial charge in [0.25, 0.3) is 5.91 Å². The van der Waals surface area contributed by atoms with Crippen molar-refractivity contribution in [3.8, 4) is 0 Å². The fraction of sp³-hybridized carbons (Fsp3) is 0.389. The first-order chi connectivity index (χ1) is 12.0. The van der Waals surface area contributed by atoms with Gasteiger partial charge in [0.05, 0.1) is 5.92 Å². The molecule has 0 bridgehead atoms. The minimum atomic E-state index is -0.764. The van der Waals surface area contributed by atoms with Gasteiger partial charge in [0.2, 0.25) is 0 Å². The molecule has 0 saturated heterocycles. The number of rotatable bonds is 6. The molecular weight excluding hydrogens is 322 g/mol. The second-order valence-electron chi connectivity index (χ2n) is 6.06. The lowest BCUT2D eigenvalue weighted by atomic mass is 9.86. The number of urea groups is 1. The predicted octanol–water partition coefficient (Wildman–Crippen LogP) is 2.37. The summed E-state index contributed by atoms with van der Waals surface area (Å²) in [5.41, 5.74) is 1.08. The van der Waals surface area contributed by atoms with Crippen LogP contribution in [0.2, 0.25) is 0 Å². The summed E-state index contributed by atoms with van der Waals surface area (Å²) >= 11 is 0. The Hall–Kier alpha value is -2.83. The highest BCUT2D eigenvalue weighted by atomic mass is 16.4. The Morgan fingerprint density at radius 1 is 1.12 bits per heavy atom. The van der Waals surface area contributed by atoms with Gasteiger partial charge in [0, 0.05) is 23.8 Å². The third kappa shape index (κ3) is 5.63. The van der Waals surface area contributed by atoms with Crippen molar-refractivity contribution < 1.29 is 19.5 Å². The smallest absolute Gasteiger partial charge is 0.319 e. The van der Waals surface area contributed by atoms with E-state index in [0.29, 0.717) is 43.5 Å². The van der Waals surface area contributed by atoms with Gasteiger partial charge in [-0.15, -0.1) is 6.58 Å². The minimum Gasteiger partial charge on any atom is -0.481 e. The molecular formula is C18H23N3O4.